The van der Waals surface area contributed by atoms with Crippen LogP contribution < -0.4 is 0 Å². The SMILES string of the molecule is Cc1cc2ncc3c(n2n1)CCN(C(=O)c1ccc(Cl)cc1)C3. The summed E-state index contributed by atoms with van der Waals surface area (Å²) >= 11 is 5.88. The quantitative estimate of drug-likeness (QED) is 0.691. The number of fused-ring (bicyclic) bond motifs is 3. The van der Waals surface area contributed by atoms with Gasteiger partial charge in [0.25, 0.3) is 5.91 Å². The average Bonchev–Trinajstić information content (AvgIpc) is 2.95. The first-order valence-electron chi connectivity index (χ1n) is 7.50. The maximum atomic E-state index is 12.6. The molecule has 0 unspecified atom stereocenters. The Morgan fingerprint density at radius 2 is 2.04 bits per heavy atom. The van der Waals surface area contributed by atoms with E-state index >= 15 is 0 Å². The van der Waals surface area contributed by atoms with Gasteiger partial charge >= 0.3 is 0 Å². The van der Waals surface area contributed by atoms with Crippen LogP contribution in [0.25, 0.3) is 5.65 Å². The lowest BCUT2D eigenvalue weighted by atomic mass is 10.1. The van der Waals surface area contributed by atoms with E-state index in [2.05, 4.69) is 10.1 Å². The Morgan fingerprint density at radius 1 is 1.26 bits per heavy atom. The highest BCUT2D eigenvalue weighted by Crippen LogP contribution is 2.21. The number of hydrogen-bond acceptors (Lipinski definition) is 3. The molecule has 0 fully saturated rings. The number of benzene rings is 1. The van der Waals surface area contributed by atoms with E-state index in [1.807, 2.05) is 28.6 Å². The van der Waals surface area contributed by atoms with Crippen LogP contribution in [0.2, 0.25) is 5.02 Å². The van der Waals surface area contributed by atoms with Gasteiger partial charge in [0.2, 0.25) is 0 Å². The summed E-state index contributed by atoms with van der Waals surface area (Å²) in [7, 11) is 0. The van der Waals surface area contributed by atoms with Crippen molar-refractivity contribution < 1.29 is 4.79 Å². The molecule has 1 aromatic carbocycles. The first-order chi connectivity index (χ1) is 11.1. The van der Waals surface area contributed by atoms with E-state index < -0.39 is 0 Å². The molecular weight excluding hydrogens is 312 g/mol. The van der Waals surface area contributed by atoms with Crippen molar-refractivity contribution in [1.29, 1.82) is 0 Å². The van der Waals surface area contributed by atoms with Crippen LogP contribution in [0, 0.1) is 6.92 Å². The average molecular weight is 327 g/mol. The summed E-state index contributed by atoms with van der Waals surface area (Å²) < 4.78 is 1.90. The highest BCUT2D eigenvalue weighted by Gasteiger charge is 2.24. The number of halogens is 1. The third-order valence-corrected chi connectivity index (χ3v) is 4.40. The highest BCUT2D eigenvalue weighted by atomic mass is 35.5. The number of carbonyl (C=O) groups is 1. The largest absolute Gasteiger partial charge is 0.334 e. The molecule has 2 aromatic heterocycles. The van der Waals surface area contributed by atoms with Crippen LogP contribution in [0.4, 0.5) is 0 Å². The number of aromatic nitrogens is 3. The first-order valence-corrected chi connectivity index (χ1v) is 7.87. The standard InChI is InChI=1S/C17H15ClN4O/c1-11-8-16-19-9-13-10-21(7-6-15(13)22(16)20-11)17(23)12-2-4-14(18)5-3-12/h2-5,8-9H,6-7,10H2,1H3. The molecule has 1 amide bonds. The number of nitrogens with zero attached hydrogens (tertiary/aromatic N) is 4. The molecule has 5 nitrogen and oxygen atoms in total. The van der Waals surface area contributed by atoms with Gasteiger partial charge in [-0.3, -0.25) is 4.79 Å². The van der Waals surface area contributed by atoms with E-state index in [-0.39, 0.29) is 5.91 Å². The molecular formula is C17H15ClN4O. The molecule has 0 saturated carbocycles. The van der Waals surface area contributed by atoms with Crippen molar-refractivity contribution in [2.45, 2.75) is 19.9 Å². The summed E-state index contributed by atoms with van der Waals surface area (Å²) in [5.74, 6) is 0.0176. The molecule has 6 heteroatoms. The van der Waals surface area contributed by atoms with Gasteiger partial charge in [0, 0.05) is 47.9 Å². The molecule has 0 radical (unpaired) electrons. The Balaban J connectivity index is 1.64. The van der Waals surface area contributed by atoms with Gasteiger partial charge in [-0.05, 0) is 31.2 Å². The van der Waals surface area contributed by atoms with Crippen LogP contribution >= 0.6 is 11.6 Å². The fraction of sp³-hybridized carbons (Fsp3) is 0.235. The van der Waals surface area contributed by atoms with Crippen LogP contribution in [0.3, 0.4) is 0 Å². The van der Waals surface area contributed by atoms with E-state index in [4.69, 9.17) is 11.6 Å². The third-order valence-electron chi connectivity index (χ3n) is 4.15. The predicted octanol–water partition coefficient (Wildman–Crippen LogP) is 2.89. The Bertz CT molecular complexity index is 901. The molecule has 1 aliphatic heterocycles. The molecule has 0 aliphatic carbocycles. The van der Waals surface area contributed by atoms with Gasteiger partial charge in [-0.25, -0.2) is 9.50 Å². The van der Waals surface area contributed by atoms with Gasteiger partial charge in [-0.15, -0.1) is 0 Å². The lowest BCUT2D eigenvalue weighted by molar-refractivity contribution is 0.0732. The number of aryl methyl sites for hydroxylation is 1. The first kappa shape index (κ1) is 14.2. The van der Waals surface area contributed by atoms with Crippen LogP contribution in [0.5, 0.6) is 0 Å². The van der Waals surface area contributed by atoms with Crippen molar-refractivity contribution in [1.82, 2.24) is 19.5 Å². The molecule has 0 N–H and O–H groups in total. The number of carbonyl (C=O) groups excluding carboxylic acids is 1. The van der Waals surface area contributed by atoms with Crippen LogP contribution in [0.1, 0.15) is 27.3 Å². The summed E-state index contributed by atoms with van der Waals surface area (Å²) in [5, 5.41) is 5.13. The minimum atomic E-state index is 0.0176. The number of hydrogen-bond donors (Lipinski definition) is 0. The molecule has 3 heterocycles. The Labute approximate surface area is 138 Å². The fourth-order valence-corrected chi connectivity index (χ4v) is 3.13. The topological polar surface area (TPSA) is 50.5 Å². The van der Waals surface area contributed by atoms with Crippen LogP contribution in [0.15, 0.2) is 36.5 Å². The van der Waals surface area contributed by atoms with E-state index in [0.717, 1.165) is 29.0 Å². The molecule has 4 rings (SSSR count). The van der Waals surface area contributed by atoms with Crippen molar-refractivity contribution >= 4 is 23.2 Å². The van der Waals surface area contributed by atoms with E-state index in [9.17, 15) is 4.79 Å². The highest BCUT2D eigenvalue weighted by molar-refractivity contribution is 6.30. The number of amides is 1. The smallest absolute Gasteiger partial charge is 0.254 e. The van der Waals surface area contributed by atoms with Gasteiger partial charge in [-0.1, -0.05) is 11.6 Å². The van der Waals surface area contributed by atoms with Crippen molar-refractivity contribution in [2.24, 2.45) is 0 Å². The molecule has 0 saturated heterocycles. The molecule has 116 valence electrons. The lowest BCUT2D eigenvalue weighted by Gasteiger charge is -2.28. The Hall–Kier alpha value is -2.40. The zero-order valence-corrected chi connectivity index (χ0v) is 13.4. The monoisotopic (exact) mass is 326 g/mol. The molecule has 0 atom stereocenters. The summed E-state index contributed by atoms with van der Waals surface area (Å²) in [5.41, 5.74) is 4.66. The normalized spacial score (nSPS) is 14.1. The third kappa shape index (κ3) is 2.47. The van der Waals surface area contributed by atoms with Crippen LogP contribution in [-0.2, 0) is 13.0 Å². The zero-order chi connectivity index (χ0) is 16.0. The van der Waals surface area contributed by atoms with Gasteiger partial charge in [0.15, 0.2) is 5.65 Å². The second-order valence-electron chi connectivity index (χ2n) is 5.77. The lowest BCUT2D eigenvalue weighted by Crippen LogP contribution is -2.37. The zero-order valence-electron chi connectivity index (χ0n) is 12.7. The molecule has 0 bridgehead atoms. The fourth-order valence-electron chi connectivity index (χ4n) is 3.00. The van der Waals surface area contributed by atoms with Gasteiger partial charge in [-0.2, -0.15) is 5.10 Å². The van der Waals surface area contributed by atoms with Crippen molar-refractivity contribution in [3.05, 3.63) is 64.1 Å². The molecule has 23 heavy (non-hydrogen) atoms. The van der Waals surface area contributed by atoms with Crippen LogP contribution in [-0.4, -0.2) is 31.9 Å². The maximum absolute atomic E-state index is 12.6. The summed E-state index contributed by atoms with van der Waals surface area (Å²) in [6.45, 7) is 3.19. The second-order valence-corrected chi connectivity index (χ2v) is 6.21. The minimum absolute atomic E-state index is 0.0176. The van der Waals surface area contributed by atoms with E-state index in [1.54, 1.807) is 24.3 Å². The van der Waals surface area contributed by atoms with Crippen molar-refractivity contribution in [2.75, 3.05) is 6.54 Å². The van der Waals surface area contributed by atoms with E-state index in [1.165, 1.54) is 0 Å². The van der Waals surface area contributed by atoms with E-state index in [0.29, 0.717) is 23.7 Å². The van der Waals surface area contributed by atoms with Crippen molar-refractivity contribution in [3.8, 4) is 0 Å². The summed E-state index contributed by atoms with van der Waals surface area (Å²) in [4.78, 5) is 18.9. The van der Waals surface area contributed by atoms with Crippen molar-refractivity contribution in [3.63, 3.8) is 0 Å². The van der Waals surface area contributed by atoms with Gasteiger partial charge < -0.3 is 4.90 Å². The predicted molar refractivity (Wildman–Crippen MR) is 87.6 cm³/mol. The second kappa shape index (κ2) is 5.35. The Kier molecular flexibility index (Phi) is 3.31. The minimum Gasteiger partial charge on any atom is -0.334 e. The summed E-state index contributed by atoms with van der Waals surface area (Å²) in [6.07, 6.45) is 2.63. The molecule has 0 spiro atoms. The molecule has 3 aromatic rings. The maximum Gasteiger partial charge on any atom is 0.254 e. The van der Waals surface area contributed by atoms with Gasteiger partial charge in [0.1, 0.15) is 0 Å². The van der Waals surface area contributed by atoms with Gasteiger partial charge in [0.05, 0.1) is 11.4 Å². The Morgan fingerprint density at radius 3 is 2.83 bits per heavy atom. The molecule has 1 aliphatic rings. The number of rotatable bonds is 1. The summed E-state index contributed by atoms with van der Waals surface area (Å²) in [6, 6.07) is 8.97.